The normalized spacial score (nSPS) is 11.5. The third-order valence-electron chi connectivity index (χ3n) is 3.79. The zero-order valence-electron chi connectivity index (χ0n) is 14.5. The van der Waals surface area contributed by atoms with Crippen molar-refractivity contribution in [2.24, 2.45) is 5.73 Å². The van der Waals surface area contributed by atoms with Gasteiger partial charge >= 0.3 is 6.09 Å². The van der Waals surface area contributed by atoms with Gasteiger partial charge in [-0.2, -0.15) is 0 Å². The SMILES string of the molecule is C[C@H](N)C(=O)NCc1ccc(C(=N)N(Cc2ccccc2)C(=O)O)cc1. The van der Waals surface area contributed by atoms with Crippen LogP contribution in [-0.4, -0.2) is 33.9 Å². The fourth-order valence-corrected chi connectivity index (χ4v) is 2.29. The molecule has 0 saturated heterocycles. The molecule has 2 aromatic rings. The minimum Gasteiger partial charge on any atom is -0.465 e. The van der Waals surface area contributed by atoms with Crippen molar-refractivity contribution in [3.63, 3.8) is 0 Å². The summed E-state index contributed by atoms with van der Waals surface area (Å²) in [6, 6.07) is 15.4. The second-order valence-corrected chi connectivity index (χ2v) is 5.91. The molecule has 0 aliphatic rings. The van der Waals surface area contributed by atoms with Gasteiger partial charge in [-0.25, -0.2) is 4.79 Å². The van der Waals surface area contributed by atoms with E-state index in [1.54, 1.807) is 31.2 Å². The molecule has 0 aromatic heterocycles. The van der Waals surface area contributed by atoms with Crippen LogP contribution in [0.5, 0.6) is 0 Å². The average Bonchev–Trinajstić information content (AvgIpc) is 2.64. The van der Waals surface area contributed by atoms with Gasteiger partial charge in [0.15, 0.2) is 0 Å². The van der Waals surface area contributed by atoms with Gasteiger partial charge in [-0.05, 0) is 18.1 Å². The van der Waals surface area contributed by atoms with Crippen molar-refractivity contribution in [1.82, 2.24) is 10.2 Å². The zero-order valence-corrected chi connectivity index (χ0v) is 14.5. The van der Waals surface area contributed by atoms with Crippen molar-refractivity contribution < 1.29 is 14.7 Å². The van der Waals surface area contributed by atoms with E-state index in [-0.39, 0.29) is 18.3 Å². The lowest BCUT2D eigenvalue weighted by Crippen LogP contribution is -2.37. The van der Waals surface area contributed by atoms with Crippen molar-refractivity contribution in [3.8, 4) is 0 Å². The molecule has 0 radical (unpaired) electrons. The number of benzene rings is 2. The summed E-state index contributed by atoms with van der Waals surface area (Å²) in [5.74, 6) is -0.353. The Morgan fingerprint density at radius 2 is 1.73 bits per heavy atom. The predicted octanol–water partition coefficient (Wildman–Crippen LogP) is 2.16. The lowest BCUT2D eigenvalue weighted by atomic mass is 10.1. The maximum absolute atomic E-state index is 11.6. The first-order valence-electron chi connectivity index (χ1n) is 8.14. The quantitative estimate of drug-likeness (QED) is 0.469. The number of carbonyl (C=O) groups is 2. The zero-order chi connectivity index (χ0) is 19.1. The Balaban J connectivity index is 2.06. The molecule has 0 aliphatic heterocycles. The first-order chi connectivity index (χ1) is 12.4. The van der Waals surface area contributed by atoms with Crippen molar-refractivity contribution in [2.45, 2.75) is 26.1 Å². The van der Waals surface area contributed by atoms with E-state index in [9.17, 15) is 14.7 Å². The molecule has 0 bridgehead atoms. The largest absolute Gasteiger partial charge is 0.465 e. The summed E-state index contributed by atoms with van der Waals surface area (Å²) in [4.78, 5) is 24.0. The number of nitrogens with one attached hydrogen (secondary N) is 2. The monoisotopic (exact) mass is 354 g/mol. The lowest BCUT2D eigenvalue weighted by molar-refractivity contribution is -0.122. The van der Waals surface area contributed by atoms with Gasteiger partial charge in [0.25, 0.3) is 0 Å². The number of hydrogen-bond acceptors (Lipinski definition) is 4. The molecule has 26 heavy (non-hydrogen) atoms. The smallest absolute Gasteiger partial charge is 0.413 e. The summed E-state index contributed by atoms with van der Waals surface area (Å²) >= 11 is 0. The molecule has 0 saturated carbocycles. The van der Waals surface area contributed by atoms with Gasteiger partial charge in [0.1, 0.15) is 5.84 Å². The number of rotatable bonds is 6. The number of carbonyl (C=O) groups excluding carboxylic acids is 1. The van der Waals surface area contributed by atoms with Crippen LogP contribution in [0.1, 0.15) is 23.6 Å². The van der Waals surface area contributed by atoms with Gasteiger partial charge in [0.2, 0.25) is 5.91 Å². The van der Waals surface area contributed by atoms with Crippen molar-refractivity contribution in [1.29, 1.82) is 5.41 Å². The highest BCUT2D eigenvalue weighted by Gasteiger charge is 2.19. The van der Waals surface area contributed by atoms with Crippen LogP contribution in [0.3, 0.4) is 0 Å². The molecule has 136 valence electrons. The first-order valence-corrected chi connectivity index (χ1v) is 8.14. The molecule has 0 unspecified atom stereocenters. The fraction of sp³-hybridized carbons (Fsp3) is 0.211. The molecular weight excluding hydrogens is 332 g/mol. The summed E-state index contributed by atoms with van der Waals surface area (Å²) in [6.07, 6.45) is -1.19. The molecule has 2 rings (SSSR count). The van der Waals surface area contributed by atoms with Gasteiger partial charge in [0.05, 0.1) is 12.6 Å². The minimum absolute atomic E-state index is 0.0984. The molecule has 2 aromatic carbocycles. The van der Waals surface area contributed by atoms with Crippen LogP contribution >= 0.6 is 0 Å². The van der Waals surface area contributed by atoms with E-state index in [4.69, 9.17) is 11.1 Å². The van der Waals surface area contributed by atoms with Crippen molar-refractivity contribution in [2.75, 3.05) is 0 Å². The second kappa shape index (κ2) is 8.77. The van der Waals surface area contributed by atoms with E-state index in [1.807, 2.05) is 30.3 Å². The third-order valence-corrected chi connectivity index (χ3v) is 3.79. The van der Waals surface area contributed by atoms with Gasteiger partial charge in [0, 0.05) is 12.1 Å². The Morgan fingerprint density at radius 3 is 2.27 bits per heavy atom. The van der Waals surface area contributed by atoms with Crippen molar-refractivity contribution >= 4 is 17.8 Å². The summed E-state index contributed by atoms with van der Waals surface area (Å²) in [5.41, 5.74) is 7.60. The molecule has 2 amide bonds. The average molecular weight is 354 g/mol. The van der Waals surface area contributed by atoms with E-state index >= 15 is 0 Å². The van der Waals surface area contributed by atoms with Gasteiger partial charge in [-0.15, -0.1) is 0 Å². The molecule has 7 nitrogen and oxygen atoms in total. The Bertz CT molecular complexity index is 773. The summed E-state index contributed by atoms with van der Waals surface area (Å²) in [5, 5.41) is 20.4. The molecule has 1 atom stereocenters. The Hall–Kier alpha value is -3.19. The first kappa shape index (κ1) is 19.1. The predicted molar refractivity (Wildman–Crippen MR) is 98.8 cm³/mol. The highest BCUT2D eigenvalue weighted by molar-refractivity contribution is 6.04. The molecular formula is C19H22N4O3. The van der Waals surface area contributed by atoms with E-state index < -0.39 is 12.1 Å². The van der Waals surface area contributed by atoms with Gasteiger partial charge in [-0.3, -0.25) is 15.1 Å². The molecule has 7 heteroatoms. The maximum Gasteiger partial charge on any atom is 0.413 e. The number of nitrogens with zero attached hydrogens (tertiary/aromatic N) is 1. The summed E-state index contributed by atoms with van der Waals surface area (Å²) in [6.45, 7) is 2.02. The second-order valence-electron chi connectivity index (χ2n) is 5.91. The molecule has 0 aliphatic carbocycles. The molecule has 0 spiro atoms. The maximum atomic E-state index is 11.6. The van der Waals surface area contributed by atoms with E-state index in [0.29, 0.717) is 12.1 Å². The van der Waals surface area contributed by atoms with E-state index in [1.165, 1.54) is 0 Å². The Labute approximate surface area is 151 Å². The van der Waals surface area contributed by atoms with Crippen LogP contribution < -0.4 is 11.1 Å². The summed E-state index contributed by atoms with van der Waals surface area (Å²) in [7, 11) is 0. The van der Waals surface area contributed by atoms with Crippen LogP contribution in [0.25, 0.3) is 0 Å². The van der Waals surface area contributed by atoms with Crippen LogP contribution in [-0.2, 0) is 17.9 Å². The van der Waals surface area contributed by atoms with Crippen LogP contribution in [0.2, 0.25) is 0 Å². The Morgan fingerprint density at radius 1 is 1.12 bits per heavy atom. The highest BCUT2D eigenvalue weighted by atomic mass is 16.4. The molecule has 5 N–H and O–H groups in total. The lowest BCUT2D eigenvalue weighted by Gasteiger charge is -2.20. The van der Waals surface area contributed by atoms with Gasteiger partial charge in [-0.1, -0.05) is 54.6 Å². The van der Waals surface area contributed by atoms with E-state index in [0.717, 1.165) is 16.0 Å². The number of carboxylic acid groups (broad SMARTS) is 1. The van der Waals surface area contributed by atoms with Crippen LogP contribution in [0.4, 0.5) is 4.79 Å². The topological polar surface area (TPSA) is 120 Å². The number of amidine groups is 1. The van der Waals surface area contributed by atoms with Crippen LogP contribution in [0.15, 0.2) is 54.6 Å². The number of amides is 2. The fourth-order valence-electron chi connectivity index (χ4n) is 2.29. The Kier molecular flexibility index (Phi) is 6.46. The highest BCUT2D eigenvalue weighted by Crippen LogP contribution is 2.12. The number of hydrogen-bond donors (Lipinski definition) is 4. The van der Waals surface area contributed by atoms with E-state index in [2.05, 4.69) is 5.32 Å². The number of nitrogens with two attached hydrogens (primary N) is 1. The van der Waals surface area contributed by atoms with Crippen LogP contribution in [0, 0.1) is 5.41 Å². The van der Waals surface area contributed by atoms with Crippen molar-refractivity contribution in [3.05, 3.63) is 71.3 Å². The summed E-state index contributed by atoms with van der Waals surface area (Å²) < 4.78 is 0. The molecule has 0 heterocycles. The molecule has 0 fully saturated rings. The van der Waals surface area contributed by atoms with Gasteiger partial charge < -0.3 is 16.2 Å². The minimum atomic E-state index is -1.19. The standard InChI is InChI=1S/C19H22N4O3/c1-13(20)18(24)22-11-14-7-9-16(10-8-14)17(21)23(19(25)26)12-15-5-3-2-4-6-15/h2-10,13,21H,11-12,20H2,1H3,(H,22,24)(H,25,26)/t13-/m0/s1. The third kappa shape index (κ3) is 5.15.